The molecule has 0 atom stereocenters. The molecule has 2 amide bonds. The normalized spacial score (nSPS) is 14.0. The zero-order valence-corrected chi connectivity index (χ0v) is 23.4. The molecule has 8 nitrogen and oxygen atoms in total. The van der Waals surface area contributed by atoms with Crippen LogP contribution in [0.2, 0.25) is 5.02 Å². The quantitative estimate of drug-likeness (QED) is 0.223. The molecule has 1 aliphatic heterocycles. The third-order valence-electron chi connectivity index (χ3n) is 5.93. The van der Waals surface area contributed by atoms with Crippen molar-refractivity contribution < 1.29 is 22.7 Å². The first-order valence-corrected chi connectivity index (χ1v) is 14.6. The molecule has 5 rings (SSSR count). The summed E-state index contributed by atoms with van der Waals surface area (Å²) in [4.78, 5) is 29.4. The van der Waals surface area contributed by atoms with Crippen LogP contribution in [0.3, 0.4) is 0 Å². The number of halogens is 1. The molecule has 0 spiro atoms. The van der Waals surface area contributed by atoms with Crippen molar-refractivity contribution in [2.45, 2.75) is 11.3 Å². The number of anilines is 1. The van der Waals surface area contributed by atoms with Crippen molar-refractivity contribution in [2.24, 2.45) is 4.99 Å². The minimum absolute atomic E-state index is 0. The summed E-state index contributed by atoms with van der Waals surface area (Å²) in [5, 5.41) is 5.99. The summed E-state index contributed by atoms with van der Waals surface area (Å²) in [6, 6.07) is 24.1. The maximum atomic E-state index is 12.5. The van der Waals surface area contributed by atoms with Gasteiger partial charge in [0.05, 0.1) is 23.3 Å². The molecular weight excluding hydrogens is 593 g/mol. The summed E-state index contributed by atoms with van der Waals surface area (Å²) in [6.07, 6.45) is 1.67. The Kier molecular flexibility index (Phi) is 9.96. The minimum atomic E-state index is -4.00. The molecule has 1 aliphatic rings. The Morgan fingerprint density at radius 2 is 1.66 bits per heavy atom. The van der Waals surface area contributed by atoms with E-state index in [1.54, 1.807) is 37.5 Å². The van der Waals surface area contributed by atoms with Gasteiger partial charge in [-0.1, -0.05) is 41.9 Å². The molecule has 2 N–H and O–H groups in total. The fourth-order valence-electron chi connectivity index (χ4n) is 3.95. The molecule has 0 fully saturated rings. The van der Waals surface area contributed by atoms with Crippen LogP contribution in [0.4, 0.5) is 5.69 Å². The molecular formula is C29H23ClN3NaO5S2. The number of thioether (sulfide) groups is 1. The van der Waals surface area contributed by atoms with Crippen LogP contribution < -0.4 is 14.8 Å². The third kappa shape index (κ3) is 7.79. The van der Waals surface area contributed by atoms with Gasteiger partial charge in [0.2, 0.25) is 5.91 Å². The number of sulfonamides is 1. The molecule has 204 valence electrons. The second-order valence-corrected chi connectivity index (χ2v) is 11.9. The van der Waals surface area contributed by atoms with E-state index in [1.165, 1.54) is 36.0 Å². The number of aliphatic imine (C=N–C) groups is 1. The molecule has 0 bridgehead atoms. The number of methoxy groups -OCH3 is 1. The zero-order valence-electron chi connectivity index (χ0n) is 21.1. The topological polar surface area (TPSA) is 114 Å². The number of carbonyl (C=O) groups excluding carboxylic acids is 2. The Labute approximate surface area is 268 Å². The fourth-order valence-corrected chi connectivity index (χ4v) is 5.89. The van der Waals surface area contributed by atoms with E-state index in [-0.39, 0.29) is 46.8 Å². The van der Waals surface area contributed by atoms with E-state index in [9.17, 15) is 18.0 Å². The van der Waals surface area contributed by atoms with Crippen LogP contribution in [-0.4, -0.2) is 62.1 Å². The molecule has 0 unspecified atom stereocenters. The molecule has 41 heavy (non-hydrogen) atoms. The Balaban J connectivity index is 0.00000387. The van der Waals surface area contributed by atoms with Crippen LogP contribution in [0.15, 0.2) is 99.7 Å². The van der Waals surface area contributed by atoms with Crippen molar-refractivity contribution in [3.8, 4) is 5.75 Å². The van der Waals surface area contributed by atoms with E-state index < -0.39 is 15.9 Å². The van der Waals surface area contributed by atoms with Gasteiger partial charge in [-0.05, 0) is 94.3 Å². The first-order chi connectivity index (χ1) is 19.2. The molecule has 0 saturated heterocycles. The molecule has 4 aromatic carbocycles. The number of hydrogen-bond acceptors (Lipinski definition) is 7. The van der Waals surface area contributed by atoms with Crippen molar-refractivity contribution >= 4 is 102 Å². The maximum absolute atomic E-state index is 12.5. The molecule has 0 aliphatic carbocycles. The summed E-state index contributed by atoms with van der Waals surface area (Å²) in [5.41, 5.74) is 2.16. The van der Waals surface area contributed by atoms with Gasteiger partial charge >= 0.3 is 29.6 Å². The van der Waals surface area contributed by atoms with Crippen LogP contribution in [0, 0.1) is 0 Å². The summed E-state index contributed by atoms with van der Waals surface area (Å²) >= 11 is 7.03. The number of carbonyl (C=O) groups is 2. The van der Waals surface area contributed by atoms with Crippen molar-refractivity contribution in [3.63, 3.8) is 0 Å². The first kappa shape index (κ1) is 30.8. The average molecular weight is 616 g/mol. The molecule has 12 heteroatoms. The van der Waals surface area contributed by atoms with Gasteiger partial charge in [0.25, 0.3) is 15.9 Å². The number of nitrogens with one attached hydrogen (secondary N) is 2. The fraction of sp³-hybridized carbons (Fsp3) is 0.0690. The van der Waals surface area contributed by atoms with Crippen LogP contribution in [-0.2, 0) is 26.0 Å². The van der Waals surface area contributed by atoms with Crippen molar-refractivity contribution in [1.29, 1.82) is 0 Å². The number of amides is 2. The van der Waals surface area contributed by atoms with Gasteiger partial charge in [0.15, 0.2) is 5.17 Å². The van der Waals surface area contributed by atoms with Crippen LogP contribution in [0.5, 0.6) is 5.75 Å². The Morgan fingerprint density at radius 3 is 2.37 bits per heavy atom. The number of nitrogens with zero attached hydrogens (tertiary/aromatic N) is 1. The number of hydrogen-bond donors (Lipinski definition) is 2. The van der Waals surface area contributed by atoms with Crippen molar-refractivity contribution in [3.05, 3.63) is 106 Å². The Bertz CT molecular complexity index is 1790. The van der Waals surface area contributed by atoms with Gasteiger partial charge in [-0.2, -0.15) is 4.99 Å². The number of benzene rings is 4. The van der Waals surface area contributed by atoms with Gasteiger partial charge in [-0.25, -0.2) is 13.1 Å². The van der Waals surface area contributed by atoms with E-state index in [0.717, 1.165) is 22.1 Å². The van der Waals surface area contributed by atoms with Gasteiger partial charge in [0.1, 0.15) is 5.75 Å². The molecule has 1 heterocycles. The second-order valence-electron chi connectivity index (χ2n) is 8.79. The van der Waals surface area contributed by atoms with Crippen molar-refractivity contribution in [1.82, 2.24) is 4.72 Å². The van der Waals surface area contributed by atoms with E-state index >= 15 is 0 Å². The van der Waals surface area contributed by atoms with E-state index in [0.29, 0.717) is 26.3 Å². The SMILES string of the molecule is COc1ccc2cc(/C=C3\SC(Nc4ccc(CC(=O)NS(=O)(=O)c5ccc(Cl)cc5)cc4)=NC3=O)ccc2c1.[NaH]. The van der Waals surface area contributed by atoms with E-state index in [1.807, 2.05) is 36.4 Å². The second kappa shape index (κ2) is 13.2. The predicted octanol–water partition coefficient (Wildman–Crippen LogP) is 4.98. The molecule has 0 radical (unpaired) electrons. The monoisotopic (exact) mass is 615 g/mol. The summed E-state index contributed by atoms with van der Waals surface area (Å²) in [5.74, 6) is -0.222. The third-order valence-corrected chi connectivity index (χ3v) is 8.47. The first-order valence-electron chi connectivity index (χ1n) is 12.0. The van der Waals surface area contributed by atoms with Crippen LogP contribution in [0.25, 0.3) is 16.8 Å². The van der Waals surface area contributed by atoms with Crippen molar-refractivity contribution in [2.75, 3.05) is 12.4 Å². The Morgan fingerprint density at radius 1 is 0.976 bits per heavy atom. The number of amidine groups is 1. The molecule has 0 saturated carbocycles. The van der Waals surface area contributed by atoms with Gasteiger partial charge < -0.3 is 10.1 Å². The number of ether oxygens (including phenoxy) is 1. The van der Waals surface area contributed by atoms with Gasteiger partial charge in [-0.3, -0.25) is 9.59 Å². The number of rotatable bonds is 7. The predicted molar refractivity (Wildman–Crippen MR) is 166 cm³/mol. The summed E-state index contributed by atoms with van der Waals surface area (Å²) < 4.78 is 32.1. The van der Waals surface area contributed by atoms with E-state index in [2.05, 4.69) is 15.0 Å². The van der Waals surface area contributed by atoms with Gasteiger partial charge in [0, 0.05) is 10.7 Å². The molecule has 0 aromatic heterocycles. The summed E-state index contributed by atoms with van der Waals surface area (Å²) in [6.45, 7) is 0. The standard InChI is InChI=1S/C29H22ClN3O5S2.Na.H/c1-38-24-11-6-20-14-19(2-5-21(20)17-24)15-26-28(35)32-29(39-26)31-23-9-3-18(4-10-23)16-27(34)33-40(36,37)25-12-7-22(30)8-13-25;;/h2-15,17H,16H2,1H3,(H,33,34)(H,31,32,35);;/b26-15-;;. The van der Waals surface area contributed by atoms with Crippen LogP contribution >= 0.6 is 23.4 Å². The van der Waals surface area contributed by atoms with E-state index in [4.69, 9.17) is 16.3 Å². The number of fused-ring (bicyclic) bond motifs is 1. The average Bonchev–Trinajstić information content (AvgIpc) is 3.27. The van der Waals surface area contributed by atoms with Crippen LogP contribution in [0.1, 0.15) is 11.1 Å². The zero-order chi connectivity index (χ0) is 28.3. The molecule has 4 aromatic rings. The van der Waals surface area contributed by atoms with Gasteiger partial charge in [-0.15, -0.1) is 0 Å². The Hall–Kier alpha value is -3.12. The summed E-state index contributed by atoms with van der Waals surface area (Å²) in [7, 11) is -2.37.